The van der Waals surface area contributed by atoms with Crippen LogP contribution in [0.1, 0.15) is 61.5 Å². The Kier molecular flexibility index (Phi) is 12.4. The lowest BCUT2D eigenvalue weighted by atomic mass is 9.81. The van der Waals surface area contributed by atoms with Crippen molar-refractivity contribution in [1.29, 1.82) is 0 Å². The summed E-state index contributed by atoms with van der Waals surface area (Å²) in [7, 11) is 1.75. The maximum Gasteiger partial charge on any atom is 0.336 e. The number of morpholine rings is 1. The summed E-state index contributed by atoms with van der Waals surface area (Å²) in [6, 6.07) is 1.57. The van der Waals surface area contributed by atoms with E-state index in [1.54, 1.807) is 30.7 Å². The van der Waals surface area contributed by atoms with Gasteiger partial charge in [0.05, 0.1) is 37.0 Å². The molecule has 0 unspecified atom stereocenters. The maximum atomic E-state index is 13.1. The van der Waals surface area contributed by atoms with Crippen molar-refractivity contribution >= 4 is 23.8 Å². The van der Waals surface area contributed by atoms with Gasteiger partial charge < -0.3 is 55.4 Å². The number of hydrogen-bond acceptors (Lipinski definition) is 11. The zero-order valence-electron chi connectivity index (χ0n) is 29.7. The minimum Gasteiger partial charge on any atom is -0.507 e. The number of aromatic hydroxyl groups is 1. The Balaban J connectivity index is 1.51. The van der Waals surface area contributed by atoms with E-state index in [4.69, 9.17) is 9.47 Å². The normalized spacial score (nSPS) is 28.4. The number of aliphatic carboxylic acids is 1. The molecule has 7 N–H and O–H groups in total. The van der Waals surface area contributed by atoms with Crippen molar-refractivity contribution in [2.24, 2.45) is 0 Å². The molecule has 1 aromatic rings. The first kappa shape index (κ1) is 39.2. The van der Waals surface area contributed by atoms with Gasteiger partial charge in [-0.25, -0.2) is 9.59 Å². The number of aliphatic hydroxyl groups excluding tert-OH is 3. The van der Waals surface area contributed by atoms with Crippen LogP contribution in [0.4, 0.5) is 4.79 Å². The molecule has 1 spiro atoms. The molecule has 3 heterocycles. The Morgan fingerprint density at radius 3 is 2.38 bits per heavy atom. The summed E-state index contributed by atoms with van der Waals surface area (Å²) in [4.78, 5) is 56.6. The van der Waals surface area contributed by atoms with Crippen LogP contribution < -0.4 is 10.6 Å². The smallest absolute Gasteiger partial charge is 0.336 e. The molecule has 3 fully saturated rings. The molecule has 16 heteroatoms. The van der Waals surface area contributed by atoms with Crippen LogP contribution in [0, 0.1) is 13.8 Å². The zero-order chi connectivity index (χ0) is 37.1. The molecule has 0 bridgehead atoms. The molecule has 0 aromatic heterocycles. The highest BCUT2D eigenvalue weighted by Gasteiger charge is 2.55. The van der Waals surface area contributed by atoms with Crippen molar-refractivity contribution < 1.29 is 54.2 Å². The van der Waals surface area contributed by atoms with Gasteiger partial charge in [0.15, 0.2) is 5.60 Å². The van der Waals surface area contributed by atoms with E-state index in [1.807, 2.05) is 13.8 Å². The molecule has 0 saturated carbocycles. The van der Waals surface area contributed by atoms with Gasteiger partial charge in [-0.2, -0.15) is 0 Å². The van der Waals surface area contributed by atoms with Crippen LogP contribution in [-0.4, -0.2) is 165 Å². The average Bonchev–Trinajstić information content (AvgIpc) is 3.48. The van der Waals surface area contributed by atoms with Crippen LogP contribution in [0.5, 0.6) is 5.75 Å². The number of carbonyl (C=O) groups is 4. The summed E-state index contributed by atoms with van der Waals surface area (Å²) in [6.07, 6.45) is -6.50. The fourth-order valence-electron chi connectivity index (χ4n) is 7.16. The first-order valence-corrected chi connectivity index (χ1v) is 17.1. The number of benzene rings is 1. The highest BCUT2D eigenvalue weighted by Crippen LogP contribution is 2.38. The number of phenols is 1. The number of carbonyl (C=O) groups excluding carboxylic acids is 3. The average molecular weight is 708 g/mol. The number of likely N-dealkylation sites (tertiary alicyclic amines) is 1. The number of carboxylic acid groups (broad SMARTS) is 1. The Morgan fingerprint density at radius 1 is 1.12 bits per heavy atom. The molecule has 4 rings (SSSR count). The second-order valence-electron chi connectivity index (χ2n) is 14.3. The third-order valence-corrected chi connectivity index (χ3v) is 10.4. The number of nitrogens with one attached hydrogen (secondary N) is 2. The van der Waals surface area contributed by atoms with E-state index in [0.29, 0.717) is 50.4 Å². The lowest BCUT2D eigenvalue weighted by molar-refractivity contribution is -0.231. The van der Waals surface area contributed by atoms with Gasteiger partial charge in [0, 0.05) is 71.1 Å². The third-order valence-electron chi connectivity index (χ3n) is 10.4. The van der Waals surface area contributed by atoms with E-state index in [2.05, 4.69) is 15.5 Å². The largest absolute Gasteiger partial charge is 0.507 e. The monoisotopic (exact) mass is 707 g/mol. The van der Waals surface area contributed by atoms with Gasteiger partial charge in [-0.1, -0.05) is 0 Å². The molecule has 7 atom stereocenters. The Morgan fingerprint density at radius 2 is 1.78 bits per heavy atom. The van der Waals surface area contributed by atoms with Gasteiger partial charge >= 0.3 is 12.0 Å². The second-order valence-corrected chi connectivity index (χ2v) is 14.3. The van der Waals surface area contributed by atoms with Gasteiger partial charge in [0.1, 0.15) is 18.0 Å². The predicted octanol–water partition coefficient (Wildman–Crippen LogP) is -0.434. The number of aryl methyl sites for hydroxylation is 2. The zero-order valence-corrected chi connectivity index (χ0v) is 29.7. The summed E-state index contributed by atoms with van der Waals surface area (Å²) in [6.45, 7) is 10.2. The SMILES string of the molecule is CC(=O)N[C@H]1[C@H]([C@H](O)[C@H](O)CNC(=O)c2cc(C)c(O)c(C)c2)O[C@@](CCN2CCOC[C@@]23CCN(C(=O)N(C)C(C)C)C3)(C(=O)O)C[C@@H]1O. The first-order valence-electron chi connectivity index (χ1n) is 17.1. The Bertz CT molecular complexity index is 1400. The molecular formula is C34H53N5O11. The van der Waals surface area contributed by atoms with Gasteiger partial charge in [-0.3, -0.25) is 14.5 Å². The number of carboxylic acids is 1. The van der Waals surface area contributed by atoms with Gasteiger partial charge in [-0.05, 0) is 57.4 Å². The van der Waals surface area contributed by atoms with Crippen molar-refractivity contribution in [2.75, 3.05) is 53.0 Å². The fourth-order valence-corrected chi connectivity index (χ4v) is 7.16. The summed E-state index contributed by atoms with van der Waals surface area (Å²) in [5.74, 6) is -2.50. The van der Waals surface area contributed by atoms with Crippen LogP contribution in [0.15, 0.2) is 12.1 Å². The number of urea groups is 1. The number of phenolic OH excluding ortho intramolecular Hbond substituents is 1. The van der Waals surface area contributed by atoms with Gasteiger partial charge in [-0.15, -0.1) is 0 Å². The molecule has 3 aliphatic heterocycles. The molecule has 16 nitrogen and oxygen atoms in total. The van der Waals surface area contributed by atoms with E-state index >= 15 is 0 Å². The summed E-state index contributed by atoms with van der Waals surface area (Å²) >= 11 is 0. The molecular weight excluding hydrogens is 654 g/mol. The third kappa shape index (κ3) is 8.32. The molecule has 1 aromatic carbocycles. The lowest BCUT2D eigenvalue weighted by Crippen LogP contribution is -2.68. The number of ether oxygens (including phenoxy) is 2. The molecule has 3 saturated heterocycles. The van der Waals surface area contributed by atoms with Crippen molar-refractivity contribution in [2.45, 2.75) is 102 Å². The lowest BCUT2D eigenvalue weighted by Gasteiger charge is -2.49. The van der Waals surface area contributed by atoms with E-state index in [9.17, 15) is 44.7 Å². The molecule has 280 valence electrons. The summed E-state index contributed by atoms with van der Waals surface area (Å²) in [5, 5.41) is 59.2. The minimum absolute atomic E-state index is 0.00950. The minimum atomic E-state index is -2.02. The standard InChI is InChI=1S/C34H53N5O11/c1-19(2)37(6)32(48)38-9-7-33(17-38)18-49-12-11-39(33)10-8-34(31(46)47)15-24(41)26(36-22(5)40)29(50-34)28(44)25(42)16-35-30(45)23-13-20(3)27(43)21(4)14-23/h13-14,19,24-26,28-29,41-44H,7-12,15-18H2,1-6H3,(H,35,45)(H,36,40)(H,46,47)/t24-,25+,26+,28+,29+,33-,34+/m0/s1. The van der Waals surface area contributed by atoms with E-state index in [0.717, 1.165) is 0 Å². The van der Waals surface area contributed by atoms with Gasteiger partial charge in [0.25, 0.3) is 5.91 Å². The van der Waals surface area contributed by atoms with Crippen LogP contribution in [0.25, 0.3) is 0 Å². The Labute approximate surface area is 292 Å². The number of hydrogen-bond donors (Lipinski definition) is 7. The van der Waals surface area contributed by atoms with Crippen LogP contribution in [-0.2, 0) is 19.1 Å². The maximum absolute atomic E-state index is 13.1. The van der Waals surface area contributed by atoms with E-state index in [-0.39, 0.29) is 36.4 Å². The van der Waals surface area contributed by atoms with Crippen LogP contribution in [0.3, 0.4) is 0 Å². The van der Waals surface area contributed by atoms with E-state index in [1.165, 1.54) is 19.1 Å². The van der Waals surface area contributed by atoms with Gasteiger partial charge in [0.2, 0.25) is 5.91 Å². The number of rotatable bonds is 11. The first-order chi connectivity index (χ1) is 23.4. The van der Waals surface area contributed by atoms with Crippen molar-refractivity contribution in [3.8, 4) is 5.75 Å². The predicted molar refractivity (Wildman–Crippen MR) is 180 cm³/mol. The summed E-state index contributed by atoms with van der Waals surface area (Å²) in [5.41, 5.74) is -1.41. The van der Waals surface area contributed by atoms with E-state index < -0.39 is 72.3 Å². The quantitative estimate of drug-likeness (QED) is 0.156. The molecule has 4 amide bonds. The number of aliphatic hydroxyl groups is 3. The summed E-state index contributed by atoms with van der Waals surface area (Å²) < 4.78 is 12.0. The van der Waals surface area contributed by atoms with Crippen LogP contribution in [0.2, 0.25) is 0 Å². The molecule has 0 radical (unpaired) electrons. The van der Waals surface area contributed by atoms with Crippen molar-refractivity contribution in [3.05, 3.63) is 28.8 Å². The highest BCUT2D eigenvalue weighted by molar-refractivity contribution is 5.95. The molecule has 0 aliphatic carbocycles. The number of amides is 4. The highest BCUT2D eigenvalue weighted by atomic mass is 16.6. The van der Waals surface area contributed by atoms with Crippen molar-refractivity contribution in [1.82, 2.24) is 25.3 Å². The van der Waals surface area contributed by atoms with Crippen LogP contribution >= 0.6 is 0 Å². The Hall–Kier alpha value is -3.54. The number of nitrogens with zero attached hydrogens (tertiary/aromatic N) is 3. The molecule has 50 heavy (non-hydrogen) atoms. The second kappa shape index (κ2) is 15.8. The van der Waals surface area contributed by atoms with Crippen molar-refractivity contribution in [3.63, 3.8) is 0 Å². The molecule has 3 aliphatic rings. The topological polar surface area (TPSA) is 222 Å². The fraction of sp³-hybridized carbons (Fsp3) is 0.706.